The molecule has 2 aromatic heterocycles. The monoisotopic (exact) mass is 517 g/mol. The molecule has 5 aromatic rings. The summed E-state index contributed by atoms with van der Waals surface area (Å²) in [5.74, 6) is -1.01. The summed E-state index contributed by atoms with van der Waals surface area (Å²) >= 11 is 0. The minimum Gasteiger partial charge on any atom is -0.248 e. The van der Waals surface area contributed by atoms with Crippen molar-refractivity contribution in [3.63, 3.8) is 0 Å². The topological polar surface area (TPSA) is 95.0 Å². The third-order valence-electron chi connectivity index (χ3n) is 7.03. The summed E-state index contributed by atoms with van der Waals surface area (Å²) in [6.45, 7) is 15.0. The standard InChI is InChI=1S/C31H9F2N7/c1-36-25(12-34)27-19-9-15(32)3-5-17(19)21-7-14-8-23-24(11-22(14)38-29(21)27)39-30-18-6-4-16(33)10-20(18)28(31(30)40-23)26(13-35)37-2/h3-11H/b27-25-,28-26+. The summed E-state index contributed by atoms with van der Waals surface area (Å²) in [6.07, 6.45) is 0. The van der Waals surface area contributed by atoms with Crippen LogP contribution in [0.5, 0.6) is 0 Å². The first-order valence-corrected chi connectivity index (χ1v) is 11.8. The third kappa shape index (κ3) is 3.01. The Labute approximate surface area is 224 Å². The zero-order chi connectivity index (χ0) is 27.7. The molecule has 0 fully saturated rings. The molecule has 0 atom stereocenters. The Kier molecular flexibility index (Phi) is 4.63. The largest absolute Gasteiger partial charge is 0.271 e. The molecule has 2 aliphatic rings. The van der Waals surface area contributed by atoms with Gasteiger partial charge in [-0.05, 0) is 65.2 Å². The van der Waals surface area contributed by atoms with E-state index in [9.17, 15) is 19.3 Å². The fourth-order valence-corrected chi connectivity index (χ4v) is 5.38. The highest BCUT2D eigenvalue weighted by Crippen LogP contribution is 2.48. The van der Waals surface area contributed by atoms with E-state index in [-0.39, 0.29) is 22.5 Å². The summed E-state index contributed by atoms with van der Waals surface area (Å²) < 4.78 is 28.4. The van der Waals surface area contributed by atoms with Gasteiger partial charge in [0.15, 0.2) is 0 Å². The van der Waals surface area contributed by atoms with E-state index in [0.29, 0.717) is 66.8 Å². The van der Waals surface area contributed by atoms with Crippen molar-refractivity contribution >= 4 is 33.1 Å². The van der Waals surface area contributed by atoms with Crippen molar-refractivity contribution < 1.29 is 8.78 Å². The Morgan fingerprint density at radius 1 is 0.600 bits per heavy atom. The highest BCUT2D eigenvalue weighted by atomic mass is 19.1. The Balaban J connectivity index is 1.54. The van der Waals surface area contributed by atoms with Crippen LogP contribution in [0, 0.1) is 47.4 Å². The number of halogens is 2. The van der Waals surface area contributed by atoms with Crippen molar-refractivity contribution in [2.45, 2.75) is 0 Å². The van der Waals surface area contributed by atoms with Gasteiger partial charge in [0, 0.05) is 27.7 Å². The molecule has 9 heteroatoms. The lowest BCUT2D eigenvalue weighted by molar-refractivity contribution is 0.627. The molecule has 0 saturated heterocycles. The van der Waals surface area contributed by atoms with E-state index in [1.165, 1.54) is 24.3 Å². The number of rotatable bonds is 0. The van der Waals surface area contributed by atoms with Gasteiger partial charge >= 0.3 is 0 Å². The van der Waals surface area contributed by atoms with Crippen molar-refractivity contribution in [1.82, 2.24) is 15.0 Å². The van der Waals surface area contributed by atoms with Gasteiger partial charge in [-0.1, -0.05) is 6.07 Å². The predicted octanol–water partition coefficient (Wildman–Crippen LogP) is 6.82. The SMILES string of the molecule is [C-]#[N+]/C(C#N)=C1/c2cc(F)ccc2-c2cc3cc4nc5c(nc4cc3nc21)-c1ccc(F)cc1/C5=C(/C#N)[N+]#[C-]. The minimum atomic E-state index is -0.513. The number of fused-ring (bicyclic) bond motifs is 8. The molecule has 0 bridgehead atoms. The van der Waals surface area contributed by atoms with Crippen LogP contribution in [0.2, 0.25) is 0 Å². The lowest BCUT2D eigenvalue weighted by atomic mass is 10.0. The van der Waals surface area contributed by atoms with Crippen LogP contribution in [-0.4, -0.2) is 15.0 Å². The summed E-state index contributed by atoms with van der Waals surface area (Å²) in [5, 5.41) is 19.9. The second-order valence-corrected chi connectivity index (χ2v) is 9.11. The van der Waals surface area contributed by atoms with E-state index in [2.05, 4.69) is 9.69 Å². The predicted molar refractivity (Wildman–Crippen MR) is 142 cm³/mol. The summed E-state index contributed by atoms with van der Waals surface area (Å²) in [7, 11) is 0. The number of hydrogen-bond acceptors (Lipinski definition) is 5. The highest BCUT2D eigenvalue weighted by molar-refractivity contribution is 6.07. The van der Waals surface area contributed by atoms with Crippen molar-refractivity contribution in [2.75, 3.05) is 0 Å². The van der Waals surface area contributed by atoms with Crippen LogP contribution in [0.1, 0.15) is 22.5 Å². The Morgan fingerprint density at radius 3 is 1.80 bits per heavy atom. The van der Waals surface area contributed by atoms with Gasteiger partial charge in [0.1, 0.15) is 11.6 Å². The van der Waals surface area contributed by atoms with Gasteiger partial charge in [0.25, 0.3) is 11.4 Å². The number of nitrogens with zero attached hydrogens (tertiary/aromatic N) is 7. The van der Waals surface area contributed by atoms with Crippen molar-refractivity contribution in [3.05, 3.63) is 123 Å². The fraction of sp³-hybridized carbons (Fsp3) is 0. The maximum atomic E-state index is 14.2. The molecule has 3 aromatic carbocycles. The van der Waals surface area contributed by atoms with Crippen LogP contribution in [0.25, 0.3) is 65.2 Å². The Hall–Kier alpha value is -6.29. The molecule has 0 amide bonds. The van der Waals surface area contributed by atoms with Crippen LogP contribution in [0.4, 0.5) is 8.78 Å². The molecule has 182 valence electrons. The second-order valence-electron chi connectivity index (χ2n) is 9.11. The summed E-state index contributed by atoms with van der Waals surface area (Å²) in [5.41, 5.74) is 5.33. The lowest BCUT2D eigenvalue weighted by Crippen LogP contribution is -1.96. The number of aromatic nitrogens is 3. The highest BCUT2D eigenvalue weighted by Gasteiger charge is 2.32. The van der Waals surface area contributed by atoms with Crippen LogP contribution in [0.3, 0.4) is 0 Å². The van der Waals surface area contributed by atoms with E-state index in [4.69, 9.17) is 28.1 Å². The molecular weight excluding hydrogens is 508 g/mol. The van der Waals surface area contributed by atoms with Gasteiger partial charge in [0.05, 0.1) is 58.9 Å². The van der Waals surface area contributed by atoms with Crippen molar-refractivity contribution in [3.8, 4) is 34.5 Å². The van der Waals surface area contributed by atoms with E-state index in [1.807, 2.05) is 18.2 Å². The number of benzene rings is 3. The number of hydrogen-bond donors (Lipinski definition) is 0. The van der Waals surface area contributed by atoms with E-state index in [1.54, 1.807) is 24.3 Å². The van der Waals surface area contributed by atoms with Crippen LogP contribution in [0.15, 0.2) is 66.0 Å². The second kappa shape index (κ2) is 8.10. The van der Waals surface area contributed by atoms with Gasteiger partial charge in [-0.3, -0.25) is 0 Å². The van der Waals surface area contributed by atoms with Crippen molar-refractivity contribution in [1.29, 1.82) is 10.5 Å². The summed E-state index contributed by atoms with van der Waals surface area (Å²) in [6, 6.07) is 17.4. The molecule has 7 rings (SSSR count). The fourth-order valence-electron chi connectivity index (χ4n) is 5.38. The molecule has 2 aliphatic carbocycles. The normalized spacial score (nSPS) is 14.8. The van der Waals surface area contributed by atoms with E-state index >= 15 is 0 Å². The zero-order valence-electron chi connectivity index (χ0n) is 20.1. The molecule has 0 radical (unpaired) electrons. The third-order valence-corrected chi connectivity index (χ3v) is 7.03. The van der Waals surface area contributed by atoms with E-state index < -0.39 is 11.6 Å². The minimum absolute atomic E-state index is 0.188. The molecule has 0 aliphatic heterocycles. The first kappa shape index (κ1) is 22.9. The zero-order valence-corrected chi connectivity index (χ0v) is 20.1. The van der Waals surface area contributed by atoms with Crippen LogP contribution in [-0.2, 0) is 0 Å². The quantitative estimate of drug-likeness (QED) is 0.125. The molecule has 2 heterocycles. The number of pyridine rings is 1. The Morgan fingerprint density at radius 2 is 1.15 bits per heavy atom. The van der Waals surface area contributed by atoms with Crippen molar-refractivity contribution in [2.24, 2.45) is 0 Å². The first-order chi connectivity index (χ1) is 19.4. The maximum Gasteiger partial charge on any atom is 0.271 e. The molecule has 40 heavy (non-hydrogen) atoms. The summed E-state index contributed by atoms with van der Waals surface area (Å²) in [4.78, 5) is 21.0. The molecular formula is C31H9F2N7. The number of allylic oxidation sites excluding steroid dienone is 2. The van der Waals surface area contributed by atoms with Gasteiger partial charge < -0.3 is 0 Å². The van der Waals surface area contributed by atoms with E-state index in [0.717, 1.165) is 0 Å². The molecule has 0 N–H and O–H groups in total. The lowest BCUT2D eigenvalue weighted by Gasteiger charge is -2.08. The van der Waals surface area contributed by atoms with Gasteiger partial charge in [-0.25, -0.2) is 43.9 Å². The first-order valence-electron chi connectivity index (χ1n) is 11.8. The van der Waals surface area contributed by atoms with Gasteiger partial charge in [-0.2, -0.15) is 0 Å². The molecule has 0 unspecified atom stereocenters. The molecule has 0 spiro atoms. The average molecular weight is 517 g/mol. The van der Waals surface area contributed by atoms with Crippen LogP contribution >= 0.6 is 0 Å². The molecule has 0 saturated carbocycles. The molecule has 7 nitrogen and oxygen atoms in total. The Bertz CT molecular complexity index is 2090. The smallest absolute Gasteiger partial charge is 0.248 e. The maximum absolute atomic E-state index is 14.2. The number of nitriles is 2. The average Bonchev–Trinajstić information content (AvgIpc) is 3.42. The van der Waals surface area contributed by atoms with Gasteiger partial charge in [-0.15, -0.1) is 0 Å². The van der Waals surface area contributed by atoms with Crippen LogP contribution < -0.4 is 0 Å². The van der Waals surface area contributed by atoms with Gasteiger partial charge in [0.2, 0.25) is 0 Å².